The minimum Gasteiger partial charge on any atom is -0.497 e. The molecule has 1 N–H and O–H groups in total. The first-order valence-electron chi connectivity index (χ1n) is 5.60. The van der Waals surface area contributed by atoms with Gasteiger partial charge in [0.1, 0.15) is 5.75 Å². The van der Waals surface area contributed by atoms with Gasteiger partial charge < -0.3 is 10.1 Å². The van der Waals surface area contributed by atoms with Crippen molar-refractivity contribution in [2.75, 3.05) is 12.4 Å². The highest BCUT2D eigenvalue weighted by molar-refractivity contribution is 5.88. The average molecular weight is 245 g/mol. The summed E-state index contributed by atoms with van der Waals surface area (Å²) in [6.45, 7) is 2.11. The Kier molecular flexibility index (Phi) is 3.62. The van der Waals surface area contributed by atoms with E-state index in [-0.39, 0.29) is 5.91 Å². The van der Waals surface area contributed by atoms with Crippen LogP contribution in [0.5, 0.6) is 5.75 Å². The van der Waals surface area contributed by atoms with Crippen molar-refractivity contribution in [1.82, 2.24) is 9.78 Å². The monoisotopic (exact) mass is 245 g/mol. The van der Waals surface area contributed by atoms with E-state index in [0.717, 1.165) is 11.3 Å². The zero-order valence-corrected chi connectivity index (χ0v) is 10.4. The number of rotatable bonds is 4. The maximum atomic E-state index is 10.9. The highest BCUT2D eigenvalue weighted by atomic mass is 16.5. The number of benzene rings is 1. The quantitative estimate of drug-likeness (QED) is 0.895. The smallest absolute Gasteiger partial charge is 0.221 e. The summed E-state index contributed by atoms with van der Waals surface area (Å²) in [4.78, 5) is 10.9. The van der Waals surface area contributed by atoms with E-state index in [1.54, 1.807) is 24.2 Å². The van der Waals surface area contributed by atoms with Crippen LogP contribution in [0.25, 0.3) is 0 Å². The molecule has 5 nitrogen and oxygen atoms in total. The molecule has 1 aromatic heterocycles. The largest absolute Gasteiger partial charge is 0.497 e. The Labute approximate surface area is 105 Å². The fraction of sp³-hybridized carbons (Fsp3) is 0.231. The number of hydrogen-bond donors (Lipinski definition) is 1. The molecular weight excluding hydrogens is 230 g/mol. The van der Waals surface area contributed by atoms with E-state index in [4.69, 9.17) is 4.74 Å². The third-order valence-electron chi connectivity index (χ3n) is 2.43. The van der Waals surface area contributed by atoms with E-state index in [0.29, 0.717) is 12.2 Å². The van der Waals surface area contributed by atoms with Crippen LogP contribution in [-0.4, -0.2) is 22.8 Å². The Balaban J connectivity index is 2.08. The van der Waals surface area contributed by atoms with Gasteiger partial charge in [-0.2, -0.15) is 5.10 Å². The number of methoxy groups -OCH3 is 1. The number of carbonyl (C=O) groups is 1. The van der Waals surface area contributed by atoms with Crippen LogP contribution in [0.3, 0.4) is 0 Å². The van der Waals surface area contributed by atoms with Crippen molar-refractivity contribution in [2.24, 2.45) is 0 Å². The molecule has 5 heteroatoms. The van der Waals surface area contributed by atoms with Gasteiger partial charge in [0.2, 0.25) is 5.91 Å². The van der Waals surface area contributed by atoms with Crippen LogP contribution < -0.4 is 10.1 Å². The molecule has 94 valence electrons. The van der Waals surface area contributed by atoms with Gasteiger partial charge in [-0.15, -0.1) is 0 Å². The Morgan fingerprint density at radius 3 is 3.06 bits per heavy atom. The molecule has 0 aliphatic carbocycles. The van der Waals surface area contributed by atoms with Crippen molar-refractivity contribution >= 4 is 11.6 Å². The van der Waals surface area contributed by atoms with Gasteiger partial charge in [0, 0.05) is 13.1 Å². The molecule has 18 heavy (non-hydrogen) atoms. The molecule has 1 heterocycles. The summed E-state index contributed by atoms with van der Waals surface area (Å²) in [6, 6.07) is 7.80. The lowest BCUT2D eigenvalue weighted by Gasteiger charge is -2.04. The summed E-state index contributed by atoms with van der Waals surface area (Å²) in [5.41, 5.74) is 1.79. The third kappa shape index (κ3) is 3.10. The van der Waals surface area contributed by atoms with Crippen LogP contribution in [-0.2, 0) is 11.3 Å². The fourth-order valence-corrected chi connectivity index (χ4v) is 1.68. The van der Waals surface area contributed by atoms with Crippen molar-refractivity contribution in [3.8, 4) is 5.75 Å². The van der Waals surface area contributed by atoms with Gasteiger partial charge in [0.15, 0.2) is 0 Å². The average Bonchev–Trinajstić information content (AvgIpc) is 2.76. The lowest BCUT2D eigenvalue weighted by atomic mass is 10.2. The normalized spacial score (nSPS) is 10.1. The minimum atomic E-state index is -0.101. The molecular formula is C13H15N3O2. The Morgan fingerprint density at radius 2 is 2.33 bits per heavy atom. The van der Waals surface area contributed by atoms with Crippen molar-refractivity contribution in [2.45, 2.75) is 13.5 Å². The molecule has 2 rings (SSSR count). The lowest BCUT2D eigenvalue weighted by molar-refractivity contribution is -0.114. The standard InChI is InChI=1S/C13H15N3O2/c1-10(17)15-12-7-14-16(9-12)8-11-4-3-5-13(6-11)18-2/h3-7,9H,8H2,1-2H3,(H,15,17). The van der Waals surface area contributed by atoms with Crippen LogP contribution in [0.2, 0.25) is 0 Å². The fourth-order valence-electron chi connectivity index (χ4n) is 1.68. The summed E-state index contributed by atoms with van der Waals surface area (Å²) in [7, 11) is 1.64. The van der Waals surface area contributed by atoms with Crippen LogP contribution in [0.1, 0.15) is 12.5 Å². The lowest BCUT2D eigenvalue weighted by Crippen LogP contribution is -2.05. The molecule has 0 saturated heterocycles. The van der Waals surface area contributed by atoms with E-state index < -0.39 is 0 Å². The number of amides is 1. The number of ether oxygens (including phenoxy) is 1. The second kappa shape index (κ2) is 5.35. The highest BCUT2D eigenvalue weighted by Crippen LogP contribution is 2.14. The second-order valence-electron chi connectivity index (χ2n) is 3.96. The maximum Gasteiger partial charge on any atom is 0.221 e. The molecule has 0 unspecified atom stereocenters. The topological polar surface area (TPSA) is 56.1 Å². The molecule has 2 aromatic rings. The number of nitrogens with zero attached hydrogens (tertiary/aromatic N) is 2. The SMILES string of the molecule is COc1cccc(Cn2cc(NC(C)=O)cn2)c1. The van der Waals surface area contributed by atoms with E-state index >= 15 is 0 Å². The first kappa shape index (κ1) is 12.2. The zero-order chi connectivity index (χ0) is 13.0. The predicted molar refractivity (Wildman–Crippen MR) is 68.6 cm³/mol. The van der Waals surface area contributed by atoms with Gasteiger partial charge >= 0.3 is 0 Å². The summed E-state index contributed by atoms with van der Waals surface area (Å²) < 4.78 is 6.93. The van der Waals surface area contributed by atoms with Crippen molar-refractivity contribution in [1.29, 1.82) is 0 Å². The van der Waals surface area contributed by atoms with Crippen LogP contribution in [0, 0.1) is 0 Å². The zero-order valence-electron chi connectivity index (χ0n) is 10.4. The molecule has 0 aliphatic heterocycles. The van der Waals surface area contributed by atoms with Gasteiger partial charge in [-0.25, -0.2) is 0 Å². The van der Waals surface area contributed by atoms with Crippen LogP contribution in [0.15, 0.2) is 36.7 Å². The molecule has 0 radical (unpaired) electrons. The van der Waals surface area contributed by atoms with E-state index in [1.165, 1.54) is 6.92 Å². The third-order valence-corrected chi connectivity index (χ3v) is 2.43. The Morgan fingerprint density at radius 1 is 1.50 bits per heavy atom. The van der Waals surface area contributed by atoms with E-state index in [2.05, 4.69) is 10.4 Å². The van der Waals surface area contributed by atoms with Crippen molar-refractivity contribution < 1.29 is 9.53 Å². The van der Waals surface area contributed by atoms with Crippen molar-refractivity contribution in [3.05, 3.63) is 42.2 Å². The Bertz CT molecular complexity index is 549. The van der Waals surface area contributed by atoms with Gasteiger partial charge in [0.05, 0.1) is 25.5 Å². The molecule has 0 bridgehead atoms. The molecule has 1 aromatic carbocycles. The van der Waals surface area contributed by atoms with E-state index in [1.807, 2.05) is 24.3 Å². The van der Waals surface area contributed by atoms with Crippen LogP contribution in [0.4, 0.5) is 5.69 Å². The maximum absolute atomic E-state index is 10.9. The van der Waals surface area contributed by atoms with Gasteiger partial charge in [-0.1, -0.05) is 12.1 Å². The summed E-state index contributed by atoms with van der Waals surface area (Å²) in [5, 5.41) is 6.87. The van der Waals surface area contributed by atoms with Gasteiger partial charge in [0.25, 0.3) is 0 Å². The first-order valence-corrected chi connectivity index (χ1v) is 5.60. The number of aromatic nitrogens is 2. The second-order valence-corrected chi connectivity index (χ2v) is 3.96. The number of anilines is 1. The Hall–Kier alpha value is -2.30. The molecule has 0 atom stereocenters. The minimum absolute atomic E-state index is 0.101. The molecule has 0 saturated carbocycles. The number of carbonyl (C=O) groups excluding carboxylic acids is 1. The molecule has 0 fully saturated rings. The number of nitrogens with one attached hydrogen (secondary N) is 1. The van der Waals surface area contributed by atoms with Gasteiger partial charge in [-0.3, -0.25) is 9.48 Å². The molecule has 1 amide bonds. The van der Waals surface area contributed by atoms with Crippen molar-refractivity contribution in [3.63, 3.8) is 0 Å². The van der Waals surface area contributed by atoms with E-state index in [9.17, 15) is 4.79 Å². The molecule has 0 spiro atoms. The highest BCUT2D eigenvalue weighted by Gasteiger charge is 2.02. The number of hydrogen-bond acceptors (Lipinski definition) is 3. The molecule has 0 aliphatic rings. The van der Waals surface area contributed by atoms with Gasteiger partial charge in [-0.05, 0) is 17.7 Å². The predicted octanol–water partition coefficient (Wildman–Crippen LogP) is 1.90. The van der Waals surface area contributed by atoms with Crippen LogP contribution >= 0.6 is 0 Å². The summed E-state index contributed by atoms with van der Waals surface area (Å²) in [5.74, 6) is 0.720. The summed E-state index contributed by atoms with van der Waals surface area (Å²) in [6.07, 6.45) is 3.42. The summed E-state index contributed by atoms with van der Waals surface area (Å²) >= 11 is 0. The first-order chi connectivity index (χ1) is 8.67.